The monoisotopic (exact) mass is 540 g/mol. The Hall–Kier alpha value is -3.50. The van der Waals surface area contributed by atoms with E-state index in [4.69, 9.17) is 11.1 Å². The topological polar surface area (TPSA) is 98.3 Å². The standard InChI is InChI=1S/C15H15N3O.C14H20F3N3/c16-7-11-12(17)5-6-13-15(11)10-4-2-1-3-9(10)14(8-19)18-13;1-18-12-4-3-11(13(9-12)14(15,16)17)10-20-7-5-19(2)6-8-20/h5-8,16H,1-4,17H2;3-4,9,18H,5-8,10H2,1-2H3. The highest BCUT2D eigenvalue weighted by atomic mass is 19.4. The molecule has 1 aliphatic carbocycles. The van der Waals surface area contributed by atoms with Crippen LogP contribution in [0.5, 0.6) is 0 Å². The summed E-state index contributed by atoms with van der Waals surface area (Å²) in [5, 5.41) is 11.3. The zero-order valence-electron chi connectivity index (χ0n) is 22.4. The molecule has 10 heteroatoms. The van der Waals surface area contributed by atoms with Crippen LogP contribution in [0.25, 0.3) is 10.9 Å². The Morgan fingerprint density at radius 1 is 1.08 bits per heavy atom. The number of rotatable bonds is 5. The lowest BCUT2D eigenvalue weighted by Gasteiger charge is -2.33. The molecular weight excluding hydrogens is 505 g/mol. The van der Waals surface area contributed by atoms with Gasteiger partial charge in [0.05, 0.1) is 11.1 Å². The maximum Gasteiger partial charge on any atom is 0.416 e. The zero-order chi connectivity index (χ0) is 28.2. The molecule has 7 nitrogen and oxygen atoms in total. The van der Waals surface area contributed by atoms with E-state index in [1.165, 1.54) is 12.3 Å². The number of nitrogen functional groups attached to an aromatic ring is 1. The summed E-state index contributed by atoms with van der Waals surface area (Å²) in [6.45, 7) is 3.77. The van der Waals surface area contributed by atoms with Crippen LogP contribution in [0.3, 0.4) is 0 Å². The molecule has 0 spiro atoms. The molecule has 2 heterocycles. The number of aryl methyl sites for hydroxylation is 1. The van der Waals surface area contributed by atoms with Gasteiger partial charge in [0.1, 0.15) is 5.69 Å². The van der Waals surface area contributed by atoms with Gasteiger partial charge in [0.25, 0.3) is 0 Å². The van der Waals surface area contributed by atoms with E-state index in [2.05, 4.69) is 20.1 Å². The molecule has 5 rings (SSSR count). The van der Waals surface area contributed by atoms with Gasteiger partial charge in [0.2, 0.25) is 0 Å². The van der Waals surface area contributed by atoms with Gasteiger partial charge in [-0.3, -0.25) is 9.69 Å². The van der Waals surface area contributed by atoms with E-state index in [1.54, 1.807) is 25.2 Å². The van der Waals surface area contributed by atoms with E-state index in [-0.39, 0.29) is 0 Å². The van der Waals surface area contributed by atoms with E-state index in [0.717, 1.165) is 85.7 Å². The number of hydrogen-bond acceptors (Lipinski definition) is 7. The fourth-order valence-corrected chi connectivity index (χ4v) is 5.33. The summed E-state index contributed by atoms with van der Waals surface area (Å²) in [4.78, 5) is 19.9. The van der Waals surface area contributed by atoms with Crippen molar-refractivity contribution < 1.29 is 18.0 Å². The number of hydrogen-bond donors (Lipinski definition) is 3. The van der Waals surface area contributed by atoms with Crippen molar-refractivity contribution in [2.75, 3.05) is 51.3 Å². The average molecular weight is 541 g/mol. The molecule has 39 heavy (non-hydrogen) atoms. The largest absolute Gasteiger partial charge is 0.416 e. The fraction of sp³-hybridized carbons (Fsp3) is 0.414. The fourth-order valence-electron chi connectivity index (χ4n) is 5.33. The molecule has 1 saturated heterocycles. The normalized spacial score (nSPS) is 16.2. The van der Waals surface area contributed by atoms with Crippen LogP contribution in [-0.2, 0) is 25.6 Å². The minimum absolute atomic E-state index is 0.348. The number of nitrogens with one attached hydrogen (secondary N) is 2. The molecule has 208 valence electrons. The Bertz CT molecular complexity index is 1350. The van der Waals surface area contributed by atoms with Crippen LogP contribution in [0.2, 0.25) is 0 Å². The summed E-state index contributed by atoms with van der Waals surface area (Å²) in [5.74, 6) is 0. The second-order valence-corrected chi connectivity index (χ2v) is 10.1. The maximum absolute atomic E-state index is 13.1. The van der Waals surface area contributed by atoms with Crippen LogP contribution in [-0.4, -0.2) is 67.6 Å². The number of fused-ring (bicyclic) bond motifs is 3. The molecule has 0 unspecified atom stereocenters. The Kier molecular flexibility index (Phi) is 8.87. The third kappa shape index (κ3) is 6.39. The first-order valence-electron chi connectivity index (χ1n) is 13.1. The quantitative estimate of drug-likeness (QED) is 0.239. The van der Waals surface area contributed by atoms with Crippen molar-refractivity contribution in [3.8, 4) is 0 Å². The molecule has 2 aliphatic rings. The second kappa shape index (κ2) is 12.1. The molecule has 0 radical (unpaired) electrons. The van der Waals surface area contributed by atoms with Gasteiger partial charge in [-0.05, 0) is 73.7 Å². The minimum Gasteiger partial charge on any atom is -0.398 e. The molecule has 2 aromatic carbocycles. The molecule has 0 saturated carbocycles. The Balaban J connectivity index is 0.000000181. The molecular formula is C29H35F3N6O. The van der Waals surface area contributed by atoms with E-state index >= 15 is 0 Å². The Morgan fingerprint density at radius 2 is 1.77 bits per heavy atom. The van der Waals surface area contributed by atoms with Crippen LogP contribution in [0.1, 0.15) is 51.1 Å². The van der Waals surface area contributed by atoms with E-state index in [9.17, 15) is 18.0 Å². The average Bonchev–Trinajstić information content (AvgIpc) is 2.94. The number of anilines is 2. The number of benzene rings is 2. The third-order valence-corrected chi connectivity index (χ3v) is 7.53. The third-order valence-electron chi connectivity index (χ3n) is 7.53. The van der Waals surface area contributed by atoms with Crippen molar-refractivity contribution in [3.05, 3.63) is 63.8 Å². The number of alkyl halides is 3. The van der Waals surface area contributed by atoms with Gasteiger partial charge in [0, 0.05) is 68.3 Å². The van der Waals surface area contributed by atoms with E-state index < -0.39 is 11.7 Å². The van der Waals surface area contributed by atoms with Gasteiger partial charge in [-0.25, -0.2) is 4.98 Å². The number of aldehydes is 1. The minimum atomic E-state index is -4.31. The molecule has 3 aromatic rings. The number of carbonyl (C=O) groups is 1. The van der Waals surface area contributed by atoms with Gasteiger partial charge >= 0.3 is 6.18 Å². The van der Waals surface area contributed by atoms with Crippen molar-refractivity contribution in [2.24, 2.45) is 0 Å². The lowest BCUT2D eigenvalue weighted by atomic mass is 9.86. The predicted octanol–water partition coefficient (Wildman–Crippen LogP) is 5.00. The highest BCUT2D eigenvalue weighted by molar-refractivity contribution is 6.05. The summed E-state index contributed by atoms with van der Waals surface area (Å²) >= 11 is 0. The van der Waals surface area contributed by atoms with Gasteiger partial charge in [-0.15, -0.1) is 0 Å². The van der Waals surface area contributed by atoms with Crippen LogP contribution in [0, 0.1) is 5.41 Å². The molecule has 0 bridgehead atoms. The van der Waals surface area contributed by atoms with Crippen LogP contribution in [0.15, 0.2) is 30.3 Å². The van der Waals surface area contributed by atoms with Crippen LogP contribution >= 0.6 is 0 Å². The Labute approximate surface area is 226 Å². The lowest BCUT2D eigenvalue weighted by Crippen LogP contribution is -2.44. The SMILES string of the molecule is CNc1ccc(CN2CCN(C)CC2)c(C(F)(F)F)c1.N=Cc1c(N)ccc2nc(C=O)c3c(c12)CCCC3. The lowest BCUT2D eigenvalue weighted by molar-refractivity contribution is -0.138. The number of nitrogens with two attached hydrogens (primary N) is 1. The number of pyridine rings is 1. The molecule has 0 amide bonds. The van der Waals surface area contributed by atoms with Gasteiger partial charge < -0.3 is 21.4 Å². The molecule has 0 atom stereocenters. The molecule has 1 aromatic heterocycles. The van der Waals surface area contributed by atoms with Gasteiger partial charge in [-0.1, -0.05) is 6.07 Å². The van der Waals surface area contributed by atoms with Crippen molar-refractivity contribution in [2.45, 2.75) is 38.4 Å². The van der Waals surface area contributed by atoms with Crippen molar-refractivity contribution >= 4 is 34.8 Å². The van der Waals surface area contributed by atoms with Crippen LogP contribution in [0.4, 0.5) is 24.5 Å². The smallest absolute Gasteiger partial charge is 0.398 e. The first-order chi connectivity index (χ1) is 18.7. The predicted molar refractivity (Wildman–Crippen MR) is 150 cm³/mol. The first-order valence-corrected chi connectivity index (χ1v) is 13.1. The Morgan fingerprint density at radius 3 is 2.38 bits per heavy atom. The number of halogens is 3. The summed E-state index contributed by atoms with van der Waals surface area (Å²) in [6, 6.07) is 8.04. The zero-order valence-corrected chi connectivity index (χ0v) is 22.4. The van der Waals surface area contributed by atoms with Crippen molar-refractivity contribution in [1.29, 1.82) is 5.41 Å². The van der Waals surface area contributed by atoms with E-state index in [1.807, 2.05) is 13.1 Å². The van der Waals surface area contributed by atoms with Crippen molar-refractivity contribution in [3.63, 3.8) is 0 Å². The van der Waals surface area contributed by atoms with Crippen molar-refractivity contribution in [1.82, 2.24) is 14.8 Å². The highest BCUT2D eigenvalue weighted by Crippen LogP contribution is 2.35. The summed E-state index contributed by atoms with van der Waals surface area (Å²) in [6.07, 6.45) is 1.83. The highest BCUT2D eigenvalue weighted by Gasteiger charge is 2.34. The molecule has 1 fully saturated rings. The second-order valence-electron chi connectivity index (χ2n) is 10.1. The van der Waals surface area contributed by atoms with E-state index in [0.29, 0.717) is 29.2 Å². The number of piperazine rings is 1. The number of nitrogens with zero attached hydrogens (tertiary/aromatic N) is 3. The number of aromatic nitrogens is 1. The molecule has 1 aliphatic heterocycles. The number of carbonyl (C=O) groups excluding carboxylic acids is 1. The summed E-state index contributed by atoms with van der Waals surface area (Å²) < 4.78 is 39.4. The van der Waals surface area contributed by atoms with Gasteiger partial charge in [-0.2, -0.15) is 13.2 Å². The van der Waals surface area contributed by atoms with Gasteiger partial charge in [0.15, 0.2) is 6.29 Å². The maximum atomic E-state index is 13.1. The van der Waals surface area contributed by atoms with Crippen LogP contribution < -0.4 is 11.1 Å². The summed E-state index contributed by atoms with van der Waals surface area (Å²) in [7, 11) is 3.65. The first kappa shape index (κ1) is 28.5. The number of likely N-dealkylation sites (N-methyl/N-ethyl adjacent to an activating group) is 1. The summed E-state index contributed by atoms with van der Waals surface area (Å²) in [5.41, 5.74) is 11.1. The molecule has 4 N–H and O–H groups in total.